The van der Waals surface area contributed by atoms with Crippen molar-refractivity contribution in [1.29, 1.82) is 0 Å². The van der Waals surface area contributed by atoms with Crippen LogP contribution >= 0.6 is 0 Å². The van der Waals surface area contributed by atoms with Gasteiger partial charge in [0.1, 0.15) is 0 Å². The van der Waals surface area contributed by atoms with Crippen LogP contribution in [-0.4, -0.2) is 0 Å². The SMILES string of the molecule is [2H]c1c([2H])c2c([2H])c([2H])c3c([2H])c([2H])c(-c4cccc(-c5ccc(-c6cccc(-c7c([2H])c([2H])c8c([2H])c([2H])c9c([2H])c([2H])c([2H])c%10c([2H])c([2H])c7c8c9%10)c6)cc5)c4)c4c([2H])c([2H])c(c1[2H])c2c34. The first-order valence-corrected chi connectivity index (χ1v) is 16.0. The Kier molecular flexibility index (Phi) is 3.23. The van der Waals surface area contributed by atoms with Crippen molar-refractivity contribution in [3.05, 3.63) is 182 Å². The number of rotatable bonds is 4. The van der Waals surface area contributed by atoms with Crippen LogP contribution in [0.25, 0.3) is 109 Å². The van der Waals surface area contributed by atoms with Gasteiger partial charge in [0.05, 0.1) is 24.7 Å². The Labute approximate surface area is 315 Å². The van der Waals surface area contributed by atoms with Crippen LogP contribution in [0, 0.1) is 0 Å². The summed E-state index contributed by atoms with van der Waals surface area (Å²) >= 11 is 0. The quantitative estimate of drug-likeness (QED) is 0.167. The van der Waals surface area contributed by atoms with Gasteiger partial charge in [-0.3, -0.25) is 0 Å². The lowest BCUT2D eigenvalue weighted by molar-refractivity contribution is 1.58. The maximum absolute atomic E-state index is 9.21. The van der Waals surface area contributed by atoms with Crippen LogP contribution in [0.5, 0.6) is 0 Å². The molecule has 50 heavy (non-hydrogen) atoms. The predicted molar refractivity (Wildman–Crippen MR) is 216 cm³/mol. The summed E-state index contributed by atoms with van der Waals surface area (Å²) in [6.45, 7) is 0. The van der Waals surface area contributed by atoms with E-state index in [1.54, 1.807) is 36.4 Å². The van der Waals surface area contributed by atoms with Crippen molar-refractivity contribution in [2.45, 2.75) is 0 Å². The van der Waals surface area contributed by atoms with Crippen molar-refractivity contribution in [3.63, 3.8) is 0 Å². The highest BCUT2D eigenvalue weighted by Gasteiger charge is 2.14. The lowest BCUT2D eigenvalue weighted by atomic mass is 9.89. The molecule has 230 valence electrons. The second kappa shape index (κ2) is 10.5. The van der Waals surface area contributed by atoms with Crippen LogP contribution < -0.4 is 0 Å². The Bertz CT molecular complexity index is 3790. The molecule has 0 nitrogen and oxygen atoms in total. The van der Waals surface area contributed by atoms with E-state index in [0.29, 0.717) is 22.3 Å². The van der Waals surface area contributed by atoms with Crippen molar-refractivity contribution in [1.82, 2.24) is 0 Å². The fourth-order valence-electron chi connectivity index (χ4n) is 7.12. The molecule has 0 aliphatic rings. The summed E-state index contributed by atoms with van der Waals surface area (Å²) in [4.78, 5) is 0. The van der Waals surface area contributed by atoms with E-state index in [0.717, 1.165) is 11.1 Å². The third kappa shape index (κ3) is 4.06. The minimum atomic E-state index is -0.540. The number of benzene rings is 11. The molecule has 0 N–H and O–H groups in total. The summed E-state index contributed by atoms with van der Waals surface area (Å²) in [5.74, 6) is 0. The fourth-order valence-corrected chi connectivity index (χ4v) is 7.12. The predicted octanol–water partition coefficient (Wildman–Crippen LogP) is 14.1. The van der Waals surface area contributed by atoms with Crippen LogP contribution in [0.4, 0.5) is 0 Å². The summed E-state index contributed by atoms with van der Waals surface area (Å²) in [6, 6.07) is 13.8. The second-order valence-corrected chi connectivity index (χ2v) is 12.2. The van der Waals surface area contributed by atoms with Crippen molar-refractivity contribution < 1.29 is 24.7 Å². The van der Waals surface area contributed by atoms with Gasteiger partial charge in [-0.2, -0.15) is 0 Å². The van der Waals surface area contributed by atoms with E-state index < -0.39 is 72.5 Å². The minimum absolute atomic E-state index is 0.0704. The molecule has 0 radical (unpaired) electrons. The molecule has 0 bridgehead atoms. The Hall–Kier alpha value is -6.50. The smallest absolute Gasteiger partial charge is 0.0610 e. The third-order valence-electron chi connectivity index (χ3n) is 9.48. The average Bonchev–Trinajstić information content (AvgIpc) is 3.33. The van der Waals surface area contributed by atoms with E-state index in [2.05, 4.69) is 0 Å². The summed E-state index contributed by atoms with van der Waals surface area (Å²) in [7, 11) is 0. The van der Waals surface area contributed by atoms with Crippen molar-refractivity contribution >= 4 is 64.6 Å². The molecule has 0 spiro atoms. The summed E-state index contributed by atoms with van der Waals surface area (Å²) in [5.41, 5.74) is 3.96. The molecule has 0 saturated carbocycles. The van der Waals surface area contributed by atoms with Crippen LogP contribution in [0.3, 0.4) is 0 Å². The molecule has 0 atom stereocenters. The van der Waals surface area contributed by atoms with Gasteiger partial charge >= 0.3 is 0 Å². The zero-order valence-electron chi connectivity index (χ0n) is 43.9. The zero-order chi connectivity index (χ0) is 48.4. The molecular weight excluding hydrogens is 601 g/mol. The molecule has 11 aromatic carbocycles. The Morgan fingerprint density at radius 1 is 0.280 bits per heavy atom. The Morgan fingerprint density at radius 2 is 0.620 bits per heavy atom. The molecule has 0 amide bonds. The maximum Gasteiger partial charge on any atom is 0.0630 e. The van der Waals surface area contributed by atoms with Crippen molar-refractivity contribution in [2.24, 2.45) is 0 Å². The van der Waals surface area contributed by atoms with Crippen LogP contribution in [0.2, 0.25) is 0 Å². The lowest BCUT2D eigenvalue weighted by Crippen LogP contribution is -1.88. The van der Waals surface area contributed by atoms with Crippen LogP contribution in [-0.2, 0) is 0 Å². The van der Waals surface area contributed by atoms with Crippen molar-refractivity contribution in [3.8, 4) is 44.5 Å². The monoisotopic (exact) mass is 648 g/mol. The van der Waals surface area contributed by atoms with E-state index in [1.807, 2.05) is 36.4 Å². The molecule has 11 aromatic rings. The average molecular weight is 649 g/mol. The van der Waals surface area contributed by atoms with Gasteiger partial charge in [-0.05, 0) is 121 Å². The van der Waals surface area contributed by atoms with Crippen LogP contribution in [0.1, 0.15) is 24.7 Å². The molecule has 0 fully saturated rings. The first-order valence-electron chi connectivity index (χ1n) is 25.0. The van der Waals surface area contributed by atoms with Gasteiger partial charge in [0.15, 0.2) is 0 Å². The van der Waals surface area contributed by atoms with Gasteiger partial charge in [0, 0.05) is 0 Å². The van der Waals surface area contributed by atoms with E-state index in [-0.39, 0.29) is 112 Å². The molecule has 0 aliphatic heterocycles. The zero-order valence-corrected chi connectivity index (χ0v) is 25.9. The molecular formula is C50H30. The first kappa shape index (κ1) is 15.4. The highest BCUT2D eigenvalue weighted by molar-refractivity contribution is 6.26. The summed E-state index contributed by atoms with van der Waals surface area (Å²) in [5, 5.41) is -0.156. The summed E-state index contributed by atoms with van der Waals surface area (Å²) < 4.78 is 160. The highest BCUT2D eigenvalue weighted by Crippen LogP contribution is 2.42. The Morgan fingerprint density at radius 3 is 1.04 bits per heavy atom. The van der Waals surface area contributed by atoms with Gasteiger partial charge in [-0.1, -0.05) is 169 Å². The fraction of sp³-hybridized carbons (Fsp3) is 0. The molecule has 0 aromatic heterocycles. The minimum Gasteiger partial charge on any atom is -0.0610 e. The van der Waals surface area contributed by atoms with E-state index in [1.165, 1.54) is 0 Å². The van der Waals surface area contributed by atoms with Crippen molar-refractivity contribution in [2.75, 3.05) is 0 Å². The van der Waals surface area contributed by atoms with Gasteiger partial charge in [-0.25, -0.2) is 0 Å². The standard InChI is InChI=1S/C50H30/c1-5-33-17-19-37-21-25-43(45-27-23-35(7-1)47(33)49(37)45)41-11-3-9-39(29-41)31-13-15-32(16-14-31)40-10-4-12-42(30-40)44-26-22-38-20-18-34-6-2-8-36-24-28-46(44)50(38)48(34)36/h1-30H/i1D,2D,5D,6D,7D,8D,17D,18D,19D,20D,21D,22D,23D,24D,25D,26D,27D,28D. The van der Waals surface area contributed by atoms with Gasteiger partial charge < -0.3 is 0 Å². The maximum atomic E-state index is 9.21. The molecule has 0 saturated heterocycles. The van der Waals surface area contributed by atoms with Gasteiger partial charge in [0.2, 0.25) is 0 Å². The largest absolute Gasteiger partial charge is 0.0630 e. The number of hydrogen-bond donors (Lipinski definition) is 0. The normalized spacial score (nSPS) is 17.0. The topological polar surface area (TPSA) is 0 Å². The van der Waals surface area contributed by atoms with Gasteiger partial charge in [0.25, 0.3) is 0 Å². The lowest BCUT2D eigenvalue weighted by Gasteiger charge is -2.15. The Balaban J connectivity index is 1.05. The number of hydrogen-bond acceptors (Lipinski definition) is 0. The van der Waals surface area contributed by atoms with E-state index in [9.17, 15) is 5.48 Å². The highest BCUT2D eigenvalue weighted by atomic mass is 14.2. The second-order valence-electron chi connectivity index (χ2n) is 12.2. The van der Waals surface area contributed by atoms with Crippen LogP contribution in [0.15, 0.2) is 182 Å². The summed E-state index contributed by atoms with van der Waals surface area (Å²) in [6.07, 6.45) is 0. The van der Waals surface area contributed by atoms with E-state index in [4.69, 9.17) is 19.2 Å². The molecule has 0 heterocycles. The first-order chi connectivity index (χ1) is 32.3. The third-order valence-corrected chi connectivity index (χ3v) is 9.48. The molecule has 0 unspecified atom stereocenters. The van der Waals surface area contributed by atoms with Gasteiger partial charge in [-0.15, -0.1) is 0 Å². The van der Waals surface area contributed by atoms with E-state index >= 15 is 0 Å². The molecule has 11 rings (SSSR count). The molecule has 0 heteroatoms. The molecule has 0 aliphatic carbocycles.